The van der Waals surface area contributed by atoms with Crippen molar-refractivity contribution in [3.8, 4) is 0 Å². The highest BCUT2D eigenvalue weighted by atomic mass is 19.1. The van der Waals surface area contributed by atoms with Crippen LogP contribution in [-0.4, -0.2) is 39.1 Å². The van der Waals surface area contributed by atoms with Crippen molar-refractivity contribution >= 4 is 5.97 Å². The van der Waals surface area contributed by atoms with E-state index in [0.29, 0.717) is 0 Å². The molecular formula is C12H15FO5. The van der Waals surface area contributed by atoms with Crippen molar-refractivity contribution in [3.63, 3.8) is 0 Å². The highest BCUT2D eigenvalue weighted by Crippen LogP contribution is 2.21. The number of aliphatic carboxylic acids is 1. The highest BCUT2D eigenvalue weighted by molar-refractivity contribution is 5.70. The average Bonchev–Trinajstić information content (AvgIpc) is 2.30. The van der Waals surface area contributed by atoms with E-state index in [2.05, 4.69) is 0 Å². The standard InChI is InChI=1S/C12H15FO5/c13-9-5-8(12(18)10(15)3-4-14)2-1-7(9)6-11(16)17/h1-2,5,10,12,14-15,18H,3-4,6H2,(H,16,17). The predicted octanol–water partition coefficient (Wildman–Crippen LogP) is 0.230. The number of rotatable bonds is 6. The average molecular weight is 258 g/mol. The van der Waals surface area contributed by atoms with Crippen LogP contribution in [-0.2, 0) is 11.2 Å². The van der Waals surface area contributed by atoms with Crippen molar-refractivity contribution in [2.45, 2.75) is 25.0 Å². The van der Waals surface area contributed by atoms with Gasteiger partial charge in [0.25, 0.3) is 0 Å². The SMILES string of the molecule is O=C(O)Cc1ccc(C(O)C(O)CCO)cc1F. The van der Waals surface area contributed by atoms with Gasteiger partial charge in [-0.2, -0.15) is 0 Å². The molecule has 0 fully saturated rings. The second-order valence-corrected chi connectivity index (χ2v) is 3.95. The molecule has 100 valence electrons. The Balaban J connectivity index is 2.86. The molecule has 0 saturated heterocycles. The zero-order chi connectivity index (χ0) is 13.7. The van der Waals surface area contributed by atoms with Gasteiger partial charge in [0.15, 0.2) is 0 Å². The van der Waals surface area contributed by atoms with Crippen LogP contribution in [0.5, 0.6) is 0 Å². The van der Waals surface area contributed by atoms with Gasteiger partial charge < -0.3 is 20.4 Å². The number of hydrogen-bond donors (Lipinski definition) is 4. The Hall–Kier alpha value is -1.50. The van der Waals surface area contributed by atoms with Crippen molar-refractivity contribution in [1.29, 1.82) is 0 Å². The molecule has 4 N–H and O–H groups in total. The van der Waals surface area contributed by atoms with Crippen LogP contribution in [0.25, 0.3) is 0 Å². The van der Waals surface area contributed by atoms with E-state index in [-0.39, 0.29) is 24.2 Å². The minimum Gasteiger partial charge on any atom is -0.481 e. The molecule has 0 saturated carbocycles. The van der Waals surface area contributed by atoms with E-state index in [0.717, 1.165) is 6.07 Å². The van der Waals surface area contributed by atoms with Crippen LogP contribution < -0.4 is 0 Å². The van der Waals surface area contributed by atoms with Crippen molar-refractivity contribution in [3.05, 3.63) is 35.1 Å². The van der Waals surface area contributed by atoms with E-state index >= 15 is 0 Å². The topological polar surface area (TPSA) is 98.0 Å². The minimum absolute atomic E-state index is 0.00935. The summed E-state index contributed by atoms with van der Waals surface area (Å²) in [5, 5.41) is 36.3. The largest absolute Gasteiger partial charge is 0.481 e. The summed E-state index contributed by atoms with van der Waals surface area (Å²) >= 11 is 0. The molecule has 1 aromatic carbocycles. The Kier molecular flexibility index (Phi) is 5.21. The van der Waals surface area contributed by atoms with Crippen molar-refractivity contribution in [1.82, 2.24) is 0 Å². The smallest absolute Gasteiger partial charge is 0.307 e. The number of carboxylic acid groups (broad SMARTS) is 1. The first-order chi connectivity index (χ1) is 8.45. The molecule has 0 amide bonds. The molecule has 0 aliphatic rings. The first-order valence-electron chi connectivity index (χ1n) is 5.42. The van der Waals surface area contributed by atoms with E-state index in [1.54, 1.807) is 0 Å². The molecular weight excluding hydrogens is 243 g/mol. The zero-order valence-electron chi connectivity index (χ0n) is 9.58. The van der Waals surface area contributed by atoms with Crippen LogP contribution >= 0.6 is 0 Å². The molecule has 2 unspecified atom stereocenters. The number of carbonyl (C=O) groups is 1. The fourth-order valence-corrected chi connectivity index (χ4v) is 1.57. The lowest BCUT2D eigenvalue weighted by molar-refractivity contribution is -0.136. The Morgan fingerprint density at radius 2 is 2.00 bits per heavy atom. The van der Waals surface area contributed by atoms with Gasteiger partial charge >= 0.3 is 5.97 Å². The lowest BCUT2D eigenvalue weighted by Gasteiger charge is -2.17. The molecule has 1 rings (SSSR count). The van der Waals surface area contributed by atoms with E-state index < -0.39 is 30.4 Å². The molecule has 0 radical (unpaired) electrons. The van der Waals surface area contributed by atoms with Gasteiger partial charge in [0.1, 0.15) is 11.9 Å². The second kappa shape index (κ2) is 6.44. The van der Waals surface area contributed by atoms with Crippen molar-refractivity contribution in [2.75, 3.05) is 6.61 Å². The lowest BCUT2D eigenvalue weighted by atomic mass is 10.00. The molecule has 0 spiro atoms. The van der Waals surface area contributed by atoms with Gasteiger partial charge in [0.2, 0.25) is 0 Å². The number of hydrogen-bond acceptors (Lipinski definition) is 4. The summed E-state index contributed by atoms with van der Waals surface area (Å²) in [6, 6.07) is 3.60. The maximum atomic E-state index is 13.5. The maximum absolute atomic E-state index is 13.5. The number of aliphatic hydroxyl groups is 3. The first-order valence-corrected chi connectivity index (χ1v) is 5.42. The lowest BCUT2D eigenvalue weighted by Crippen LogP contribution is -2.19. The Bertz CT molecular complexity index is 421. The summed E-state index contributed by atoms with van der Waals surface area (Å²) < 4.78 is 13.5. The van der Waals surface area contributed by atoms with Crippen LogP contribution in [0.3, 0.4) is 0 Å². The quantitative estimate of drug-likeness (QED) is 0.585. The fraction of sp³-hybridized carbons (Fsp3) is 0.417. The first kappa shape index (κ1) is 14.6. The second-order valence-electron chi connectivity index (χ2n) is 3.95. The molecule has 0 aromatic heterocycles. The summed E-state index contributed by atoms with van der Waals surface area (Å²) in [7, 11) is 0. The Morgan fingerprint density at radius 1 is 1.33 bits per heavy atom. The van der Waals surface area contributed by atoms with Gasteiger partial charge in [-0.1, -0.05) is 12.1 Å². The van der Waals surface area contributed by atoms with Crippen LogP contribution in [0.15, 0.2) is 18.2 Å². The predicted molar refractivity (Wildman–Crippen MR) is 60.4 cm³/mol. The van der Waals surface area contributed by atoms with E-state index in [4.69, 9.17) is 10.2 Å². The number of halogens is 1. The van der Waals surface area contributed by atoms with Crippen LogP contribution in [0, 0.1) is 5.82 Å². The molecule has 0 bridgehead atoms. The molecule has 1 aromatic rings. The van der Waals surface area contributed by atoms with Gasteiger partial charge in [-0.3, -0.25) is 4.79 Å². The summed E-state index contributed by atoms with van der Waals surface area (Å²) in [4.78, 5) is 10.4. The molecule has 0 aliphatic heterocycles. The maximum Gasteiger partial charge on any atom is 0.307 e. The molecule has 18 heavy (non-hydrogen) atoms. The minimum atomic E-state index is -1.31. The summed E-state index contributed by atoms with van der Waals surface area (Å²) in [6.07, 6.45) is -2.98. The number of benzene rings is 1. The molecule has 2 atom stereocenters. The summed E-state index contributed by atoms with van der Waals surface area (Å²) in [5.74, 6) is -1.90. The summed E-state index contributed by atoms with van der Waals surface area (Å²) in [5.41, 5.74) is 0.151. The summed E-state index contributed by atoms with van der Waals surface area (Å²) in [6.45, 7) is -0.294. The van der Waals surface area contributed by atoms with Gasteiger partial charge in [-0.05, 0) is 23.6 Å². The number of carboxylic acids is 1. The van der Waals surface area contributed by atoms with E-state index in [1.807, 2.05) is 0 Å². The molecule has 0 heterocycles. The molecule has 6 heteroatoms. The normalized spacial score (nSPS) is 14.2. The van der Waals surface area contributed by atoms with Crippen molar-refractivity contribution in [2.24, 2.45) is 0 Å². The molecule has 0 aliphatic carbocycles. The van der Waals surface area contributed by atoms with Crippen LogP contribution in [0.2, 0.25) is 0 Å². The van der Waals surface area contributed by atoms with Crippen molar-refractivity contribution < 1.29 is 29.6 Å². The van der Waals surface area contributed by atoms with Crippen LogP contribution in [0.1, 0.15) is 23.7 Å². The van der Waals surface area contributed by atoms with E-state index in [9.17, 15) is 19.4 Å². The third-order valence-corrected chi connectivity index (χ3v) is 2.55. The zero-order valence-corrected chi connectivity index (χ0v) is 9.58. The number of aliphatic hydroxyl groups excluding tert-OH is 3. The van der Waals surface area contributed by atoms with Crippen LogP contribution in [0.4, 0.5) is 4.39 Å². The van der Waals surface area contributed by atoms with Gasteiger partial charge in [-0.15, -0.1) is 0 Å². The third-order valence-electron chi connectivity index (χ3n) is 2.55. The highest BCUT2D eigenvalue weighted by Gasteiger charge is 2.19. The van der Waals surface area contributed by atoms with Gasteiger partial charge in [0.05, 0.1) is 12.5 Å². The Morgan fingerprint density at radius 3 is 2.50 bits per heavy atom. The van der Waals surface area contributed by atoms with E-state index in [1.165, 1.54) is 12.1 Å². The molecule has 5 nitrogen and oxygen atoms in total. The van der Waals surface area contributed by atoms with Gasteiger partial charge in [0, 0.05) is 6.61 Å². The third kappa shape index (κ3) is 3.76. The Labute approximate surface area is 103 Å². The monoisotopic (exact) mass is 258 g/mol. The van der Waals surface area contributed by atoms with Gasteiger partial charge in [-0.25, -0.2) is 4.39 Å². The fourth-order valence-electron chi connectivity index (χ4n) is 1.57.